The molecule has 7 heteroatoms. The predicted molar refractivity (Wildman–Crippen MR) is 136 cm³/mol. The van der Waals surface area contributed by atoms with E-state index in [1.165, 1.54) is 5.56 Å². The van der Waals surface area contributed by atoms with Crippen LogP contribution in [0, 0.1) is 0 Å². The molecule has 1 saturated heterocycles. The summed E-state index contributed by atoms with van der Waals surface area (Å²) in [6, 6.07) is 26.4. The first-order chi connectivity index (χ1) is 16.7. The van der Waals surface area contributed by atoms with E-state index in [2.05, 4.69) is 50.0 Å². The smallest absolute Gasteiger partial charge is 0.323 e. The molecule has 1 aliphatic rings. The van der Waals surface area contributed by atoms with Crippen molar-refractivity contribution in [1.29, 1.82) is 0 Å². The van der Waals surface area contributed by atoms with Gasteiger partial charge in [0, 0.05) is 62.8 Å². The Morgan fingerprint density at radius 1 is 0.676 bits per heavy atom. The average molecular weight is 458 g/mol. The van der Waals surface area contributed by atoms with Gasteiger partial charge in [0.1, 0.15) is 0 Å². The van der Waals surface area contributed by atoms with Crippen molar-refractivity contribution >= 4 is 23.3 Å². The van der Waals surface area contributed by atoms with Gasteiger partial charge in [-0.25, -0.2) is 4.79 Å². The highest BCUT2D eigenvalue weighted by atomic mass is 16.2. The number of piperazine rings is 1. The van der Waals surface area contributed by atoms with Crippen molar-refractivity contribution < 1.29 is 9.59 Å². The molecule has 3 N–H and O–H groups in total. The Bertz CT molecular complexity index is 1050. The summed E-state index contributed by atoms with van der Waals surface area (Å²) in [5.74, 6) is -0.108. The Hall–Kier alpha value is -3.68. The van der Waals surface area contributed by atoms with Gasteiger partial charge >= 0.3 is 6.03 Å². The van der Waals surface area contributed by atoms with Gasteiger partial charge in [0.05, 0.1) is 0 Å². The third kappa shape index (κ3) is 7.16. The number of benzene rings is 3. The molecular formula is C27H31N5O2. The maximum atomic E-state index is 12.5. The molecule has 1 fully saturated rings. The number of amides is 3. The van der Waals surface area contributed by atoms with Crippen molar-refractivity contribution in [1.82, 2.24) is 15.1 Å². The summed E-state index contributed by atoms with van der Waals surface area (Å²) in [7, 11) is 0. The molecule has 1 heterocycles. The van der Waals surface area contributed by atoms with Crippen molar-refractivity contribution in [2.75, 3.05) is 49.9 Å². The molecule has 0 spiro atoms. The minimum atomic E-state index is -0.327. The Balaban J connectivity index is 1.14. The maximum Gasteiger partial charge on any atom is 0.323 e. The van der Waals surface area contributed by atoms with Crippen LogP contribution in [0.3, 0.4) is 0 Å². The number of hydrogen-bond acceptors (Lipinski definition) is 4. The van der Waals surface area contributed by atoms with Crippen molar-refractivity contribution in [2.45, 2.75) is 6.54 Å². The first-order valence-electron chi connectivity index (χ1n) is 11.7. The first kappa shape index (κ1) is 23.5. The maximum absolute atomic E-state index is 12.5. The van der Waals surface area contributed by atoms with Crippen LogP contribution >= 0.6 is 0 Å². The summed E-state index contributed by atoms with van der Waals surface area (Å²) < 4.78 is 0. The average Bonchev–Trinajstić information content (AvgIpc) is 2.87. The van der Waals surface area contributed by atoms with Gasteiger partial charge in [0.15, 0.2) is 0 Å². The van der Waals surface area contributed by atoms with Gasteiger partial charge in [0.2, 0.25) is 0 Å². The van der Waals surface area contributed by atoms with E-state index in [9.17, 15) is 9.59 Å². The molecule has 1 aliphatic heterocycles. The van der Waals surface area contributed by atoms with Crippen molar-refractivity contribution in [3.63, 3.8) is 0 Å². The fourth-order valence-electron chi connectivity index (χ4n) is 3.96. The molecule has 34 heavy (non-hydrogen) atoms. The molecule has 7 nitrogen and oxygen atoms in total. The van der Waals surface area contributed by atoms with E-state index in [-0.39, 0.29) is 11.9 Å². The van der Waals surface area contributed by atoms with E-state index in [0.29, 0.717) is 23.5 Å². The molecule has 3 amide bonds. The molecule has 0 atom stereocenters. The van der Waals surface area contributed by atoms with Crippen molar-refractivity contribution in [3.8, 4) is 0 Å². The number of rotatable bonds is 8. The molecule has 0 saturated carbocycles. The van der Waals surface area contributed by atoms with Crippen LogP contribution in [0.4, 0.5) is 16.2 Å². The van der Waals surface area contributed by atoms with E-state index in [1.807, 2.05) is 36.4 Å². The zero-order valence-corrected chi connectivity index (χ0v) is 19.2. The topological polar surface area (TPSA) is 76.7 Å². The largest absolute Gasteiger partial charge is 0.351 e. The summed E-state index contributed by atoms with van der Waals surface area (Å²) >= 11 is 0. The van der Waals surface area contributed by atoms with E-state index >= 15 is 0 Å². The lowest BCUT2D eigenvalue weighted by atomic mass is 10.2. The van der Waals surface area contributed by atoms with Gasteiger partial charge in [-0.2, -0.15) is 0 Å². The van der Waals surface area contributed by atoms with Gasteiger partial charge in [-0.15, -0.1) is 0 Å². The quantitative estimate of drug-likeness (QED) is 0.480. The third-order valence-electron chi connectivity index (χ3n) is 5.86. The second kappa shape index (κ2) is 12.0. The number of anilines is 2. The number of carbonyl (C=O) groups excluding carboxylic acids is 2. The van der Waals surface area contributed by atoms with Crippen molar-refractivity contribution in [3.05, 3.63) is 96.1 Å². The number of carbonyl (C=O) groups is 2. The second-order valence-corrected chi connectivity index (χ2v) is 8.38. The van der Waals surface area contributed by atoms with Gasteiger partial charge in [-0.05, 0) is 42.0 Å². The van der Waals surface area contributed by atoms with Gasteiger partial charge < -0.3 is 16.0 Å². The van der Waals surface area contributed by atoms with Crippen LogP contribution in [0.2, 0.25) is 0 Å². The fraction of sp³-hybridized carbons (Fsp3) is 0.259. The van der Waals surface area contributed by atoms with E-state index < -0.39 is 0 Å². The molecule has 0 unspecified atom stereocenters. The Morgan fingerprint density at radius 2 is 1.24 bits per heavy atom. The van der Waals surface area contributed by atoms with Gasteiger partial charge in [-0.1, -0.05) is 48.5 Å². The Labute approximate surface area is 200 Å². The van der Waals surface area contributed by atoms with Crippen LogP contribution in [0.15, 0.2) is 84.9 Å². The molecule has 3 aromatic carbocycles. The summed E-state index contributed by atoms with van der Waals surface area (Å²) in [4.78, 5) is 29.4. The normalized spacial score (nSPS) is 14.4. The third-order valence-corrected chi connectivity index (χ3v) is 5.86. The zero-order valence-electron chi connectivity index (χ0n) is 19.2. The fourth-order valence-corrected chi connectivity index (χ4v) is 3.96. The molecule has 176 valence electrons. The molecule has 0 bridgehead atoms. The lowest BCUT2D eigenvalue weighted by Crippen LogP contribution is -2.48. The van der Waals surface area contributed by atoms with E-state index in [0.717, 1.165) is 39.3 Å². The van der Waals surface area contributed by atoms with Crippen LogP contribution in [-0.2, 0) is 6.54 Å². The molecule has 0 aromatic heterocycles. The van der Waals surface area contributed by atoms with Gasteiger partial charge in [-0.3, -0.25) is 14.6 Å². The lowest BCUT2D eigenvalue weighted by Gasteiger charge is -2.34. The number of nitrogens with zero attached hydrogens (tertiary/aromatic N) is 2. The van der Waals surface area contributed by atoms with E-state index in [1.54, 1.807) is 24.3 Å². The number of para-hydroxylation sites is 1. The van der Waals surface area contributed by atoms with Crippen LogP contribution in [0.25, 0.3) is 0 Å². The molecule has 4 rings (SSSR count). The predicted octanol–water partition coefficient (Wildman–Crippen LogP) is 3.88. The highest BCUT2D eigenvalue weighted by molar-refractivity contribution is 6.00. The van der Waals surface area contributed by atoms with Crippen molar-refractivity contribution in [2.24, 2.45) is 0 Å². The lowest BCUT2D eigenvalue weighted by molar-refractivity contribution is 0.0934. The van der Waals surface area contributed by atoms with Crippen LogP contribution in [-0.4, -0.2) is 61.0 Å². The van der Waals surface area contributed by atoms with Crippen LogP contribution < -0.4 is 16.0 Å². The van der Waals surface area contributed by atoms with E-state index in [4.69, 9.17) is 0 Å². The van der Waals surface area contributed by atoms with Crippen LogP contribution in [0.1, 0.15) is 15.9 Å². The molecule has 3 aromatic rings. The first-order valence-corrected chi connectivity index (χ1v) is 11.7. The Morgan fingerprint density at radius 3 is 1.88 bits per heavy atom. The molecular weight excluding hydrogens is 426 g/mol. The highest BCUT2D eigenvalue weighted by Crippen LogP contribution is 2.12. The zero-order chi connectivity index (χ0) is 23.6. The number of nitrogens with one attached hydrogen (secondary N) is 3. The molecule has 0 aliphatic carbocycles. The monoisotopic (exact) mass is 457 g/mol. The highest BCUT2D eigenvalue weighted by Gasteiger charge is 2.17. The standard InChI is InChI=1S/C27H31N5O2/c33-26(23-11-13-25(14-12-23)30-27(34)29-24-9-5-2-6-10-24)28-15-16-31-17-19-32(20-18-31)21-22-7-3-1-4-8-22/h1-14H,15-21H2,(H,28,33)(H2,29,30,34). The number of urea groups is 1. The van der Waals surface area contributed by atoms with Crippen LogP contribution in [0.5, 0.6) is 0 Å². The Kier molecular flexibility index (Phi) is 8.27. The SMILES string of the molecule is O=C(Nc1ccccc1)Nc1ccc(C(=O)NCCN2CCN(Cc3ccccc3)CC2)cc1. The minimum Gasteiger partial charge on any atom is -0.351 e. The second-order valence-electron chi connectivity index (χ2n) is 8.38. The number of hydrogen-bond donors (Lipinski definition) is 3. The summed E-state index contributed by atoms with van der Waals surface area (Å²) in [6.07, 6.45) is 0. The summed E-state index contributed by atoms with van der Waals surface area (Å²) in [5, 5.41) is 8.53. The molecule has 0 radical (unpaired) electrons. The van der Waals surface area contributed by atoms with Gasteiger partial charge in [0.25, 0.3) is 5.91 Å². The summed E-state index contributed by atoms with van der Waals surface area (Å²) in [6.45, 7) is 6.53. The minimum absolute atomic E-state index is 0.108. The summed E-state index contributed by atoms with van der Waals surface area (Å²) in [5.41, 5.74) is 3.26.